The molecule has 0 aromatic heterocycles. The minimum Gasteiger partial charge on any atom is -0.481 e. The fourth-order valence-corrected chi connectivity index (χ4v) is 5.85. The zero-order chi connectivity index (χ0) is 27.9. The molecule has 0 bridgehead atoms. The first-order valence-electron chi connectivity index (χ1n) is 13.8. The number of amides is 1. The molecule has 1 saturated heterocycles. The lowest BCUT2D eigenvalue weighted by Crippen LogP contribution is -2.46. The van der Waals surface area contributed by atoms with Gasteiger partial charge in [-0.25, -0.2) is 0 Å². The van der Waals surface area contributed by atoms with Gasteiger partial charge >= 0.3 is 5.97 Å². The molecule has 1 aromatic carbocycles. The molecule has 2 aliphatic heterocycles. The van der Waals surface area contributed by atoms with Gasteiger partial charge in [-0.3, -0.25) is 14.5 Å². The monoisotopic (exact) mass is 531 g/mol. The van der Waals surface area contributed by atoms with Crippen LogP contribution in [0.1, 0.15) is 70.4 Å². The number of nitrogens with zero attached hydrogens (tertiary/aromatic N) is 2. The van der Waals surface area contributed by atoms with Gasteiger partial charge in [-0.15, -0.1) is 0 Å². The van der Waals surface area contributed by atoms with Crippen LogP contribution < -0.4 is 15.2 Å². The highest BCUT2D eigenvalue weighted by Crippen LogP contribution is 2.46. The van der Waals surface area contributed by atoms with Crippen molar-refractivity contribution in [2.45, 2.75) is 71.9 Å². The van der Waals surface area contributed by atoms with Crippen LogP contribution >= 0.6 is 0 Å². The Labute approximate surface area is 226 Å². The van der Waals surface area contributed by atoms with Crippen LogP contribution in [0, 0.1) is 11.3 Å². The highest BCUT2D eigenvalue weighted by Gasteiger charge is 2.49. The Bertz CT molecular complexity index is 987. The number of hydrogen-bond acceptors (Lipinski definition) is 7. The van der Waals surface area contributed by atoms with Crippen molar-refractivity contribution in [1.29, 1.82) is 0 Å². The molecule has 212 valence electrons. The third-order valence-electron chi connectivity index (χ3n) is 7.66. The second-order valence-corrected chi connectivity index (χ2v) is 11.1. The van der Waals surface area contributed by atoms with E-state index in [1.807, 2.05) is 30.0 Å². The maximum absolute atomic E-state index is 13.5. The molecule has 2 heterocycles. The number of nitrogens with two attached hydrogens (primary N) is 1. The van der Waals surface area contributed by atoms with E-state index in [9.17, 15) is 19.8 Å². The predicted molar refractivity (Wildman–Crippen MR) is 146 cm³/mol. The summed E-state index contributed by atoms with van der Waals surface area (Å²) in [5.74, 6) is -0.964. The molecule has 1 aromatic rings. The van der Waals surface area contributed by atoms with Crippen LogP contribution in [0.4, 0.5) is 0 Å². The summed E-state index contributed by atoms with van der Waals surface area (Å²) in [5.41, 5.74) is 6.83. The molecular formula is C29H45N3O6. The quantitative estimate of drug-likeness (QED) is 0.312. The van der Waals surface area contributed by atoms with Gasteiger partial charge in [0.15, 0.2) is 11.5 Å². The predicted octanol–water partition coefficient (Wildman–Crippen LogP) is 3.35. The maximum Gasteiger partial charge on any atom is 0.308 e. The molecule has 4 N–H and O–H groups in total. The van der Waals surface area contributed by atoms with Crippen molar-refractivity contribution in [2.24, 2.45) is 17.1 Å². The Kier molecular flexibility index (Phi) is 10.6. The van der Waals surface area contributed by atoms with E-state index in [1.54, 1.807) is 0 Å². The maximum atomic E-state index is 13.5. The van der Waals surface area contributed by atoms with Gasteiger partial charge < -0.3 is 30.3 Å². The number of carbonyl (C=O) groups excluding carboxylic acids is 1. The van der Waals surface area contributed by atoms with Crippen molar-refractivity contribution in [3.63, 3.8) is 0 Å². The minimum atomic E-state index is -0.889. The zero-order valence-corrected chi connectivity index (χ0v) is 23.3. The summed E-state index contributed by atoms with van der Waals surface area (Å²) >= 11 is 0. The normalized spacial score (nSPS) is 21.4. The van der Waals surface area contributed by atoms with Gasteiger partial charge in [-0.05, 0) is 55.8 Å². The van der Waals surface area contributed by atoms with Gasteiger partial charge in [-0.2, -0.15) is 0 Å². The van der Waals surface area contributed by atoms with Crippen molar-refractivity contribution in [3.8, 4) is 11.5 Å². The fourth-order valence-electron chi connectivity index (χ4n) is 5.85. The fraction of sp³-hybridized carbons (Fsp3) is 0.655. The number of benzene rings is 1. The number of rotatable bonds is 14. The average Bonchev–Trinajstić information content (AvgIpc) is 3.48. The van der Waals surface area contributed by atoms with Gasteiger partial charge in [-0.1, -0.05) is 39.3 Å². The molecular weight excluding hydrogens is 486 g/mol. The Morgan fingerprint density at radius 1 is 1.24 bits per heavy atom. The number of carboxylic acids is 1. The molecule has 9 nitrogen and oxygen atoms in total. The van der Waals surface area contributed by atoms with Crippen LogP contribution in [0.15, 0.2) is 24.3 Å². The van der Waals surface area contributed by atoms with E-state index < -0.39 is 11.9 Å². The smallest absolute Gasteiger partial charge is 0.308 e. The van der Waals surface area contributed by atoms with Crippen LogP contribution in [-0.4, -0.2) is 77.4 Å². The largest absolute Gasteiger partial charge is 0.481 e. The van der Waals surface area contributed by atoms with Crippen LogP contribution in [0.3, 0.4) is 0 Å². The van der Waals surface area contributed by atoms with Gasteiger partial charge in [0.25, 0.3) is 0 Å². The van der Waals surface area contributed by atoms with Gasteiger partial charge in [0.05, 0.1) is 19.1 Å². The number of unbranched alkanes of at least 4 members (excludes halogenated alkanes) is 1. The van der Waals surface area contributed by atoms with Crippen molar-refractivity contribution >= 4 is 11.9 Å². The lowest BCUT2D eigenvalue weighted by atomic mass is 9.77. The van der Waals surface area contributed by atoms with E-state index in [1.165, 1.54) is 0 Å². The summed E-state index contributed by atoms with van der Waals surface area (Å²) in [4.78, 5) is 30.3. The Morgan fingerprint density at radius 3 is 2.61 bits per heavy atom. The second kappa shape index (κ2) is 13.4. The number of aliphatic carboxylic acids is 1. The van der Waals surface area contributed by atoms with Gasteiger partial charge in [0.2, 0.25) is 12.7 Å². The number of hydrogen-bond donors (Lipinski definition) is 3. The topological polar surface area (TPSA) is 126 Å². The summed E-state index contributed by atoms with van der Waals surface area (Å²) in [6.45, 7) is 10.4. The summed E-state index contributed by atoms with van der Waals surface area (Å²) in [6.07, 6.45) is 7.30. The minimum absolute atomic E-state index is 0.00672. The molecule has 9 heteroatoms. The molecule has 1 fully saturated rings. The van der Waals surface area contributed by atoms with E-state index in [-0.39, 0.29) is 43.2 Å². The molecule has 0 aliphatic carbocycles. The molecule has 0 spiro atoms. The molecule has 0 saturated carbocycles. The SMILES string of the molecule is C/C=C/C(C)(C)C[C@H]1[C@H](C(=O)O)[C@@H](c2cc(CO)c3c(c2)OCO3)CN1CC(=O)N(CCCC)CCCN. The van der Waals surface area contributed by atoms with Crippen molar-refractivity contribution in [1.82, 2.24) is 9.80 Å². The van der Waals surface area contributed by atoms with Crippen LogP contribution in [0.5, 0.6) is 11.5 Å². The van der Waals surface area contributed by atoms with Gasteiger partial charge in [0.1, 0.15) is 0 Å². The first-order chi connectivity index (χ1) is 18.1. The molecule has 1 amide bonds. The van der Waals surface area contributed by atoms with E-state index in [0.29, 0.717) is 49.7 Å². The van der Waals surface area contributed by atoms with Crippen molar-refractivity contribution in [3.05, 3.63) is 35.4 Å². The Morgan fingerprint density at radius 2 is 1.97 bits per heavy atom. The van der Waals surface area contributed by atoms with Crippen LogP contribution in [0.25, 0.3) is 0 Å². The summed E-state index contributed by atoms with van der Waals surface area (Å²) in [7, 11) is 0. The Hall–Kier alpha value is -2.62. The summed E-state index contributed by atoms with van der Waals surface area (Å²) in [6, 6.07) is 3.30. The van der Waals surface area contributed by atoms with Crippen LogP contribution in [-0.2, 0) is 16.2 Å². The number of ether oxygens (including phenoxy) is 2. The second-order valence-electron chi connectivity index (χ2n) is 11.1. The number of carboxylic acid groups (broad SMARTS) is 1. The number of likely N-dealkylation sites (tertiary alicyclic amines) is 1. The third kappa shape index (κ3) is 7.07. The number of allylic oxidation sites excluding steroid dienone is 2. The first kappa shape index (κ1) is 29.9. The average molecular weight is 532 g/mol. The molecule has 0 unspecified atom stereocenters. The molecule has 3 rings (SSSR count). The zero-order valence-electron chi connectivity index (χ0n) is 23.3. The lowest BCUT2D eigenvalue weighted by Gasteiger charge is -2.34. The lowest BCUT2D eigenvalue weighted by molar-refractivity contribution is -0.144. The molecule has 3 atom stereocenters. The number of fused-ring (bicyclic) bond motifs is 1. The molecule has 38 heavy (non-hydrogen) atoms. The summed E-state index contributed by atoms with van der Waals surface area (Å²) in [5, 5.41) is 20.4. The van der Waals surface area contributed by atoms with Crippen LogP contribution in [0.2, 0.25) is 0 Å². The number of carbonyl (C=O) groups is 2. The summed E-state index contributed by atoms with van der Waals surface area (Å²) < 4.78 is 11.1. The standard InChI is InChI=1S/C29H45N3O6/c1-5-7-11-31(12-8-10-30)25(34)17-32-16-22(20-13-21(18-33)27-24(14-20)37-19-38-27)26(28(35)36)23(32)15-29(3,4)9-6-2/h6,9,13-14,22-23,26,33H,5,7-8,10-12,15-19,30H2,1-4H3,(H,35,36)/b9-6+/t22-,23+,26-/m1/s1. The number of aliphatic hydroxyl groups excluding tert-OH is 1. The van der Waals surface area contributed by atoms with Gasteiger partial charge in [0, 0.05) is 37.2 Å². The van der Waals surface area contributed by atoms with E-state index >= 15 is 0 Å². The molecule has 2 aliphatic rings. The highest BCUT2D eigenvalue weighted by atomic mass is 16.7. The van der Waals surface area contributed by atoms with Crippen molar-refractivity contribution < 1.29 is 29.3 Å². The van der Waals surface area contributed by atoms with E-state index in [4.69, 9.17) is 15.2 Å². The first-order valence-corrected chi connectivity index (χ1v) is 13.8. The van der Waals surface area contributed by atoms with E-state index in [2.05, 4.69) is 31.7 Å². The molecule has 0 radical (unpaired) electrons. The highest BCUT2D eigenvalue weighted by molar-refractivity contribution is 5.79. The third-order valence-corrected chi connectivity index (χ3v) is 7.66. The Balaban J connectivity index is 1.97. The van der Waals surface area contributed by atoms with E-state index in [0.717, 1.165) is 24.8 Å². The number of aliphatic hydroxyl groups is 1. The van der Waals surface area contributed by atoms with Crippen molar-refractivity contribution in [2.75, 3.05) is 39.5 Å².